The Morgan fingerprint density at radius 1 is 1.19 bits per heavy atom. The molecule has 0 bridgehead atoms. The van der Waals surface area contributed by atoms with Crippen LogP contribution in [0.2, 0.25) is 0 Å². The van der Waals surface area contributed by atoms with E-state index in [2.05, 4.69) is 10.5 Å². The van der Waals surface area contributed by atoms with E-state index in [0.717, 1.165) is 12.1 Å². The summed E-state index contributed by atoms with van der Waals surface area (Å²) in [5, 5.41) is 36.8. The normalized spacial score (nSPS) is 20.5. The lowest BCUT2D eigenvalue weighted by Gasteiger charge is -2.27. The van der Waals surface area contributed by atoms with Crippen molar-refractivity contribution in [1.82, 2.24) is 0 Å². The summed E-state index contributed by atoms with van der Waals surface area (Å²) in [7, 11) is 1.40. The number of nitrogens with one attached hydrogen (secondary N) is 1. The van der Waals surface area contributed by atoms with Crippen LogP contribution in [0.4, 0.5) is 17.1 Å². The number of non-ortho nitro benzene ring substituents is 1. The van der Waals surface area contributed by atoms with Crippen LogP contribution in [0.25, 0.3) is 0 Å². The average molecular weight is 428 g/mol. The number of phenols is 1. The van der Waals surface area contributed by atoms with Crippen LogP contribution in [0, 0.1) is 32.1 Å². The molecule has 2 aromatic rings. The van der Waals surface area contributed by atoms with Gasteiger partial charge in [-0.3, -0.25) is 30.4 Å². The molecule has 12 heteroatoms. The fourth-order valence-corrected chi connectivity index (χ4v) is 3.82. The maximum absolute atomic E-state index is 12.2. The molecule has 0 amide bonds. The summed E-state index contributed by atoms with van der Waals surface area (Å²) in [5.41, 5.74) is 3.20. The number of phenolic OH excluding ortho intramolecular Hbond substituents is 1. The number of methoxy groups -OCH3 is 1. The first-order chi connectivity index (χ1) is 14.8. The summed E-state index contributed by atoms with van der Waals surface area (Å²) < 4.78 is 10.3. The Balaban J connectivity index is 1.78. The Hall–Kier alpha value is -4.22. The van der Waals surface area contributed by atoms with Crippen LogP contribution in [0.15, 0.2) is 35.4 Å². The number of cyclic esters (lactones) is 1. The molecular weight excluding hydrogens is 412 g/mol. The maximum Gasteiger partial charge on any atom is 0.310 e. The predicted octanol–water partition coefficient (Wildman–Crippen LogP) is 2.38. The first-order valence-corrected chi connectivity index (χ1v) is 9.13. The Kier molecular flexibility index (Phi) is 4.89. The number of rotatable bonds is 5. The van der Waals surface area contributed by atoms with Gasteiger partial charge in [0, 0.05) is 11.6 Å². The predicted molar refractivity (Wildman–Crippen MR) is 106 cm³/mol. The number of nitrogens with zero attached hydrogens (tertiary/aromatic N) is 3. The monoisotopic (exact) mass is 428 g/mol. The van der Waals surface area contributed by atoms with Gasteiger partial charge in [0.1, 0.15) is 12.3 Å². The molecule has 1 fully saturated rings. The van der Waals surface area contributed by atoms with Crippen LogP contribution in [0.5, 0.6) is 11.5 Å². The van der Waals surface area contributed by atoms with Gasteiger partial charge < -0.3 is 14.6 Å². The van der Waals surface area contributed by atoms with Crippen LogP contribution in [-0.2, 0) is 16.0 Å². The topological polar surface area (TPSA) is 166 Å². The van der Waals surface area contributed by atoms with E-state index < -0.39 is 33.1 Å². The third-order valence-electron chi connectivity index (χ3n) is 5.35. The Morgan fingerprint density at radius 2 is 1.97 bits per heavy atom. The van der Waals surface area contributed by atoms with Crippen LogP contribution in [0.3, 0.4) is 0 Å². The molecule has 1 saturated heterocycles. The largest absolute Gasteiger partial charge is 0.504 e. The molecule has 0 aromatic heterocycles. The minimum absolute atomic E-state index is 0.0604. The lowest BCUT2D eigenvalue weighted by molar-refractivity contribution is -0.393. The van der Waals surface area contributed by atoms with Gasteiger partial charge in [-0.05, 0) is 30.2 Å². The van der Waals surface area contributed by atoms with Crippen molar-refractivity contribution in [3.8, 4) is 11.5 Å². The fraction of sp³-hybridized carbons (Fsp3) is 0.263. The first-order valence-electron chi connectivity index (χ1n) is 9.13. The highest BCUT2D eigenvalue weighted by molar-refractivity contribution is 6.08. The Bertz CT molecular complexity index is 1150. The van der Waals surface area contributed by atoms with Crippen LogP contribution >= 0.6 is 0 Å². The fourth-order valence-electron chi connectivity index (χ4n) is 3.82. The number of aromatic hydroxyl groups is 1. The van der Waals surface area contributed by atoms with Crippen molar-refractivity contribution in [2.75, 3.05) is 19.1 Å². The lowest BCUT2D eigenvalue weighted by atomic mass is 9.76. The van der Waals surface area contributed by atoms with Gasteiger partial charge in [0.15, 0.2) is 11.5 Å². The summed E-state index contributed by atoms with van der Waals surface area (Å²) >= 11 is 0. The van der Waals surface area contributed by atoms with E-state index in [-0.39, 0.29) is 29.8 Å². The summed E-state index contributed by atoms with van der Waals surface area (Å²) in [5.74, 6) is -1.18. The Morgan fingerprint density at radius 3 is 2.65 bits per heavy atom. The van der Waals surface area contributed by atoms with E-state index in [4.69, 9.17) is 9.47 Å². The number of ether oxygens (including phenoxy) is 2. The second kappa shape index (κ2) is 7.55. The molecule has 1 aliphatic carbocycles. The quantitative estimate of drug-likeness (QED) is 0.413. The highest BCUT2D eigenvalue weighted by atomic mass is 16.6. The van der Waals surface area contributed by atoms with Gasteiger partial charge in [0.05, 0.1) is 40.6 Å². The van der Waals surface area contributed by atoms with Crippen molar-refractivity contribution in [3.05, 3.63) is 61.7 Å². The van der Waals surface area contributed by atoms with Gasteiger partial charge in [-0.25, -0.2) is 0 Å². The lowest BCUT2D eigenvalue weighted by Crippen LogP contribution is -2.33. The zero-order valence-corrected chi connectivity index (χ0v) is 16.1. The van der Waals surface area contributed by atoms with Gasteiger partial charge in [-0.2, -0.15) is 5.10 Å². The highest BCUT2D eigenvalue weighted by Gasteiger charge is 2.45. The average Bonchev–Trinajstić information content (AvgIpc) is 3.11. The number of fused-ring (bicyclic) bond motifs is 2. The molecule has 2 unspecified atom stereocenters. The third kappa shape index (κ3) is 3.47. The molecule has 2 atom stereocenters. The van der Waals surface area contributed by atoms with E-state index in [1.165, 1.54) is 19.2 Å². The minimum Gasteiger partial charge on any atom is -0.504 e. The Labute approximate surface area is 174 Å². The SMILES string of the molecule is COc1cc2c(cc1O)/C(=N\Nc1ccc([N+](=O)[O-])cc1[N+](=O)[O-])C1COC(=O)C1C2. The number of carbonyl (C=O) groups is 1. The smallest absolute Gasteiger partial charge is 0.310 e. The highest BCUT2D eigenvalue weighted by Crippen LogP contribution is 2.40. The molecule has 1 heterocycles. The van der Waals surface area contributed by atoms with Crippen LogP contribution in [0.1, 0.15) is 11.1 Å². The molecule has 0 radical (unpaired) electrons. The standard InChI is InChI=1S/C19H16N4O8/c1-30-17-5-9-4-12-13(8-31-19(12)25)18(11(9)7-16(17)24)21-20-14-3-2-10(22(26)27)6-15(14)23(28)29/h2-3,5-7,12-13,20,24H,4,8H2,1H3/b21-18+. The van der Waals surface area contributed by atoms with E-state index in [1.807, 2.05) is 0 Å². The van der Waals surface area contributed by atoms with E-state index >= 15 is 0 Å². The number of carbonyl (C=O) groups excluding carboxylic acids is 1. The van der Waals surface area contributed by atoms with Crippen molar-refractivity contribution in [3.63, 3.8) is 0 Å². The van der Waals surface area contributed by atoms with E-state index in [1.54, 1.807) is 6.07 Å². The molecule has 12 nitrogen and oxygen atoms in total. The maximum atomic E-state index is 12.2. The number of anilines is 1. The van der Waals surface area contributed by atoms with Gasteiger partial charge in [0.2, 0.25) is 0 Å². The summed E-state index contributed by atoms with van der Waals surface area (Å²) in [4.78, 5) is 33.0. The molecule has 4 rings (SSSR count). The van der Waals surface area contributed by atoms with Crippen molar-refractivity contribution in [2.45, 2.75) is 6.42 Å². The zero-order valence-electron chi connectivity index (χ0n) is 16.1. The number of hydrazone groups is 1. The zero-order chi connectivity index (χ0) is 22.3. The molecular formula is C19H16N4O8. The molecule has 0 saturated carbocycles. The number of nitro benzene ring substituents is 2. The van der Waals surface area contributed by atoms with Gasteiger partial charge in [0.25, 0.3) is 5.69 Å². The minimum atomic E-state index is -0.758. The summed E-state index contributed by atoms with van der Waals surface area (Å²) in [6.45, 7) is 0.0819. The summed E-state index contributed by atoms with van der Waals surface area (Å²) in [6.07, 6.45) is 0.367. The molecule has 1 aliphatic heterocycles. The summed E-state index contributed by atoms with van der Waals surface area (Å²) in [6, 6.07) is 6.20. The van der Waals surface area contributed by atoms with Gasteiger partial charge >= 0.3 is 11.7 Å². The molecule has 160 valence electrons. The van der Waals surface area contributed by atoms with Crippen molar-refractivity contribution < 1.29 is 29.2 Å². The van der Waals surface area contributed by atoms with Gasteiger partial charge in [-0.15, -0.1) is 0 Å². The number of benzene rings is 2. The number of hydrogen-bond donors (Lipinski definition) is 2. The molecule has 2 aliphatic rings. The second-order valence-corrected chi connectivity index (χ2v) is 7.05. The van der Waals surface area contributed by atoms with E-state index in [9.17, 15) is 30.1 Å². The van der Waals surface area contributed by atoms with Crippen molar-refractivity contribution in [2.24, 2.45) is 16.9 Å². The number of nitro groups is 2. The van der Waals surface area contributed by atoms with Crippen molar-refractivity contribution >= 4 is 28.7 Å². The van der Waals surface area contributed by atoms with Crippen LogP contribution < -0.4 is 10.2 Å². The van der Waals surface area contributed by atoms with Crippen molar-refractivity contribution in [1.29, 1.82) is 0 Å². The van der Waals surface area contributed by atoms with Gasteiger partial charge in [-0.1, -0.05) is 0 Å². The number of esters is 1. The molecule has 2 aromatic carbocycles. The molecule has 2 N–H and O–H groups in total. The second-order valence-electron chi connectivity index (χ2n) is 7.05. The first kappa shape index (κ1) is 20.1. The third-order valence-corrected chi connectivity index (χ3v) is 5.35. The van der Waals surface area contributed by atoms with E-state index in [0.29, 0.717) is 23.3 Å². The number of hydrogen-bond acceptors (Lipinski definition) is 10. The molecule has 0 spiro atoms. The van der Waals surface area contributed by atoms with Crippen LogP contribution in [-0.4, -0.2) is 40.4 Å². The molecule has 31 heavy (non-hydrogen) atoms.